The van der Waals surface area contributed by atoms with Crippen LogP contribution in [0.5, 0.6) is 23.0 Å². The lowest BCUT2D eigenvalue weighted by molar-refractivity contribution is 0.00578. The fraction of sp³-hybridized carbons (Fsp3) is 0.400. The largest absolute Gasteiger partial charge is 0.494 e. The average Bonchev–Trinajstić information content (AvgIpc) is 3.20. The third-order valence-corrected chi connectivity index (χ3v) is 8.09. The lowest BCUT2D eigenvalue weighted by Gasteiger charge is -2.32. The molecule has 6 nitrogen and oxygen atoms in total. The van der Waals surface area contributed by atoms with E-state index >= 15 is 0 Å². The molecule has 2 aliphatic rings. The zero-order valence-corrected chi connectivity index (χ0v) is 23.5. The topological polar surface area (TPSA) is 55.4 Å². The average molecular weight is 514 g/mol. The van der Waals surface area contributed by atoms with Crippen molar-refractivity contribution in [2.45, 2.75) is 77.8 Å². The molecule has 2 saturated heterocycles. The highest BCUT2D eigenvalue weighted by Gasteiger charge is 2.52. The second-order valence-electron chi connectivity index (χ2n) is 12.0. The van der Waals surface area contributed by atoms with Gasteiger partial charge in [0.05, 0.1) is 22.4 Å². The maximum Gasteiger partial charge on any atom is 0.494 e. The molecule has 0 aromatic heterocycles. The lowest BCUT2D eigenvalue weighted by atomic mass is 9.79. The van der Waals surface area contributed by atoms with Gasteiger partial charge in [-0.25, -0.2) is 0 Å². The molecule has 2 aliphatic heterocycles. The number of hydrogen-bond donors (Lipinski definition) is 0. The third kappa shape index (κ3) is 5.23. The van der Waals surface area contributed by atoms with Crippen molar-refractivity contribution in [1.29, 1.82) is 0 Å². The molecule has 38 heavy (non-hydrogen) atoms. The van der Waals surface area contributed by atoms with E-state index in [1.807, 2.05) is 128 Å². The summed E-state index contributed by atoms with van der Waals surface area (Å²) < 4.78 is 36.7. The summed E-state index contributed by atoms with van der Waals surface area (Å²) in [5, 5.41) is 0. The van der Waals surface area contributed by atoms with Crippen molar-refractivity contribution in [3.63, 3.8) is 0 Å². The van der Waals surface area contributed by atoms with Crippen LogP contribution >= 0.6 is 0 Å². The first-order chi connectivity index (χ1) is 17.7. The van der Waals surface area contributed by atoms with Gasteiger partial charge in [0.15, 0.2) is 0 Å². The molecule has 198 valence electrons. The van der Waals surface area contributed by atoms with Crippen molar-refractivity contribution in [1.82, 2.24) is 0 Å². The molecule has 0 spiro atoms. The Morgan fingerprint density at radius 2 is 0.763 bits per heavy atom. The van der Waals surface area contributed by atoms with Crippen LogP contribution in [0.15, 0.2) is 72.8 Å². The van der Waals surface area contributed by atoms with Crippen molar-refractivity contribution in [3.8, 4) is 23.0 Å². The molecule has 0 saturated carbocycles. The molecule has 0 amide bonds. The Bertz CT molecular complexity index is 1160. The fourth-order valence-corrected chi connectivity index (χ4v) is 4.22. The molecule has 3 aromatic carbocycles. The molecule has 8 heteroatoms. The number of rotatable bonds is 6. The maximum atomic E-state index is 6.14. The molecule has 0 atom stereocenters. The van der Waals surface area contributed by atoms with E-state index in [1.165, 1.54) is 0 Å². The van der Waals surface area contributed by atoms with E-state index < -0.39 is 14.2 Å². The van der Waals surface area contributed by atoms with Crippen molar-refractivity contribution >= 4 is 25.2 Å². The van der Waals surface area contributed by atoms with Gasteiger partial charge in [0.1, 0.15) is 23.0 Å². The molecule has 5 rings (SSSR count). The van der Waals surface area contributed by atoms with Crippen molar-refractivity contribution < 1.29 is 28.1 Å². The van der Waals surface area contributed by atoms with Gasteiger partial charge in [-0.3, -0.25) is 0 Å². The van der Waals surface area contributed by atoms with E-state index in [1.54, 1.807) is 0 Å². The Hall–Kier alpha value is -2.77. The quantitative estimate of drug-likeness (QED) is 0.384. The Balaban J connectivity index is 1.21. The molecule has 2 heterocycles. The highest BCUT2D eigenvalue weighted by molar-refractivity contribution is 6.62. The zero-order chi connectivity index (χ0) is 27.3. The predicted octanol–water partition coefficient (Wildman–Crippen LogP) is 5.87. The van der Waals surface area contributed by atoms with Crippen LogP contribution in [-0.2, 0) is 18.6 Å². The van der Waals surface area contributed by atoms with Gasteiger partial charge < -0.3 is 28.1 Å². The standard InChI is InChI=1S/C30H36B2O6/c1-27(2)28(3,4)36-31(35-27)21-12-16-23(17-13-21)33-25-10-9-11-26(20-25)34-24-18-14-22(15-19-24)32-37-29(5,6)30(7,8)38-32/h9-20H,1-8H3. The number of benzene rings is 3. The number of ether oxygens (including phenoxy) is 2. The summed E-state index contributed by atoms with van der Waals surface area (Å²) in [6.07, 6.45) is 0. The fourth-order valence-electron chi connectivity index (χ4n) is 4.22. The first-order valence-electron chi connectivity index (χ1n) is 13.1. The lowest BCUT2D eigenvalue weighted by Crippen LogP contribution is -2.41. The summed E-state index contributed by atoms with van der Waals surface area (Å²) in [7, 11) is -0.802. The Labute approximate surface area is 226 Å². The van der Waals surface area contributed by atoms with E-state index in [-0.39, 0.29) is 22.4 Å². The first kappa shape index (κ1) is 26.8. The van der Waals surface area contributed by atoms with Crippen LogP contribution in [0.2, 0.25) is 0 Å². The highest BCUT2D eigenvalue weighted by Crippen LogP contribution is 2.38. The van der Waals surface area contributed by atoms with Gasteiger partial charge in [-0.1, -0.05) is 30.3 Å². The minimum atomic E-state index is -0.401. The summed E-state index contributed by atoms with van der Waals surface area (Å²) >= 11 is 0. The molecular weight excluding hydrogens is 478 g/mol. The molecule has 0 radical (unpaired) electrons. The zero-order valence-electron chi connectivity index (χ0n) is 23.5. The minimum Gasteiger partial charge on any atom is -0.457 e. The van der Waals surface area contributed by atoms with Crippen LogP contribution in [0, 0.1) is 0 Å². The molecule has 0 unspecified atom stereocenters. The Morgan fingerprint density at radius 1 is 0.447 bits per heavy atom. The van der Waals surface area contributed by atoms with Crippen LogP contribution in [0.25, 0.3) is 0 Å². The monoisotopic (exact) mass is 514 g/mol. The van der Waals surface area contributed by atoms with Crippen LogP contribution in [0.3, 0.4) is 0 Å². The molecule has 0 N–H and O–H groups in total. The summed E-state index contributed by atoms with van der Waals surface area (Å²) in [5.41, 5.74) is 0.409. The van der Waals surface area contributed by atoms with Gasteiger partial charge in [-0.2, -0.15) is 0 Å². The highest BCUT2D eigenvalue weighted by atomic mass is 16.7. The van der Waals surface area contributed by atoms with Crippen molar-refractivity contribution in [2.75, 3.05) is 0 Å². The van der Waals surface area contributed by atoms with Gasteiger partial charge >= 0.3 is 14.2 Å². The van der Waals surface area contributed by atoms with Gasteiger partial charge in [-0.05, 0) is 103 Å². The van der Waals surface area contributed by atoms with Gasteiger partial charge in [-0.15, -0.1) is 0 Å². The van der Waals surface area contributed by atoms with Crippen molar-refractivity contribution in [2.24, 2.45) is 0 Å². The van der Waals surface area contributed by atoms with E-state index in [4.69, 9.17) is 28.1 Å². The maximum absolute atomic E-state index is 6.14. The second-order valence-corrected chi connectivity index (χ2v) is 12.0. The predicted molar refractivity (Wildman–Crippen MR) is 151 cm³/mol. The van der Waals surface area contributed by atoms with Gasteiger partial charge in [0.2, 0.25) is 0 Å². The van der Waals surface area contributed by atoms with Crippen molar-refractivity contribution in [3.05, 3.63) is 72.8 Å². The third-order valence-electron chi connectivity index (χ3n) is 8.09. The number of hydrogen-bond acceptors (Lipinski definition) is 6. The summed E-state index contributed by atoms with van der Waals surface area (Å²) in [6.45, 7) is 16.4. The summed E-state index contributed by atoms with van der Waals surface area (Å²) in [4.78, 5) is 0. The summed E-state index contributed by atoms with van der Waals surface area (Å²) in [5.74, 6) is 2.79. The minimum absolute atomic E-state index is 0.376. The molecular formula is C30H36B2O6. The first-order valence-corrected chi connectivity index (χ1v) is 13.1. The van der Waals surface area contributed by atoms with E-state index in [0.29, 0.717) is 23.0 Å². The Morgan fingerprint density at radius 3 is 1.08 bits per heavy atom. The normalized spacial score (nSPS) is 20.9. The molecule has 0 bridgehead atoms. The second kappa shape index (κ2) is 9.45. The Kier molecular flexibility index (Phi) is 6.67. The van der Waals surface area contributed by atoms with E-state index in [9.17, 15) is 0 Å². The van der Waals surface area contributed by atoms with E-state index in [2.05, 4.69) is 0 Å². The van der Waals surface area contributed by atoms with Gasteiger partial charge in [0.25, 0.3) is 0 Å². The van der Waals surface area contributed by atoms with Crippen LogP contribution in [0.1, 0.15) is 55.4 Å². The van der Waals surface area contributed by atoms with Crippen LogP contribution in [-0.4, -0.2) is 36.6 Å². The molecule has 2 fully saturated rings. The molecule has 3 aromatic rings. The summed E-state index contributed by atoms with van der Waals surface area (Å²) in [6, 6.07) is 23.1. The SMILES string of the molecule is CC1(C)OB(c2ccc(Oc3cccc(Oc4ccc(B5OC(C)(C)C(C)(C)O5)cc4)c3)cc2)OC1(C)C. The smallest absolute Gasteiger partial charge is 0.457 e. The van der Waals surface area contributed by atoms with Gasteiger partial charge in [0, 0.05) is 6.07 Å². The van der Waals surface area contributed by atoms with E-state index in [0.717, 1.165) is 10.9 Å². The van der Waals surface area contributed by atoms with Crippen LogP contribution in [0.4, 0.5) is 0 Å². The van der Waals surface area contributed by atoms with Crippen LogP contribution < -0.4 is 20.4 Å². The molecule has 0 aliphatic carbocycles.